The molecule has 212 valence electrons. The summed E-state index contributed by atoms with van der Waals surface area (Å²) in [6.07, 6.45) is 0. The van der Waals surface area contributed by atoms with E-state index in [9.17, 15) is 0 Å². The number of furan rings is 1. The predicted octanol–water partition coefficient (Wildman–Crippen LogP) is 10.6. The molecule has 0 spiro atoms. The molecule has 3 aromatic heterocycles. The standard InChI is InChI=1S/C41H27N3O/c1-41(2)31-18-8-5-15-27(31)36-29(17-11-19-32(36)41)39-42-37-28-16-7-10-21-35(28)45-38(37)40(43-39)44-33-20-9-6-14-26(33)30-22-24-12-3-4-13-25(24)23-34(30)44/h3-23H,1-2H3. The van der Waals surface area contributed by atoms with Crippen LogP contribution >= 0.6 is 0 Å². The Bertz CT molecular complexity index is 2690. The molecule has 0 unspecified atom stereocenters. The molecule has 0 bridgehead atoms. The molecule has 6 aromatic carbocycles. The zero-order valence-corrected chi connectivity index (χ0v) is 24.9. The van der Waals surface area contributed by atoms with Crippen molar-refractivity contribution in [1.29, 1.82) is 0 Å². The number of nitrogens with zero attached hydrogens (tertiary/aromatic N) is 3. The summed E-state index contributed by atoms with van der Waals surface area (Å²) in [7, 11) is 0. The third-order valence-electron chi connectivity index (χ3n) is 9.80. The topological polar surface area (TPSA) is 43.9 Å². The fraction of sp³-hybridized carbons (Fsp3) is 0.0732. The molecule has 3 heterocycles. The van der Waals surface area contributed by atoms with Crippen LogP contribution in [0.5, 0.6) is 0 Å². The summed E-state index contributed by atoms with van der Waals surface area (Å²) < 4.78 is 8.89. The van der Waals surface area contributed by atoms with Gasteiger partial charge in [-0.25, -0.2) is 9.97 Å². The first-order chi connectivity index (χ1) is 22.1. The van der Waals surface area contributed by atoms with Gasteiger partial charge in [-0.3, -0.25) is 4.57 Å². The van der Waals surface area contributed by atoms with Crippen molar-refractivity contribution in [1.82, 2.24) is 14.5 Å². The lowest BCUT2D eigenvalue weighted by atomic mass is 9.82. The molecule has 9 aromatic rings. The SMILES string of the molecule is CC1(C)c2ccccc2-c2c(-c3nc(-n4c5ccccc5c5cc6ccccc6cc54)c4oc5ccccc5c4n3)cccc21. The van der Waals surface area contributed by atoms with Crippen LogP contribution in [0.4, 0.5) is 0 Å². The molecule has 0 fully saturated rings. The lowest BCUT2D eigenvalue weighted by molar-refractivity contribution is 0.660. The molecule has 0 radical (unpaired) electrons. The van der Waals surface area contributed by atoms with E-state index in [4.69, 9.17) is 14.4 Å². The van der Waals surface area contributed by atoms with Gasteiger partial charge in [0, 0.05) is 27.1 Å². The van der Waals surface area contributed by atoms with E-state index in [1.165, 1.54) is 43.8 Å². The van der Waals surface area contributed by atoms with Gasteiger partial charge in [0.05, 0.1) is 11.0 Å². The number of fused-ring (bicyclic) bond motifs is 10. The summed E-state index contributed by atoms with van der Waals surface area (Å²) >= 11 is 0. The summed E-state index contributed by atoms with van der Waals surface area (Å²) in [6, 6.07) is 45.2. The molecule has 0 saturated carbocycles. The van der Waals surface area contributed by atoms with Gasteiger partial charge in [-0.1, -0.05) is 111 Å². The maximum absolute atomic E-state index is 6.62. The molecule has 0 N–H and O–H groups in total. The minimum absolute atomic E-state index is 0.120. The lowest BCUT2D eigenvalue weighted by Crippen LogP contribution is -2.14. The predicted molar refractivity (Wildman–Crippen MR) is 184 cm³/mol. The number of hydrogen-bond donors (Lipinski definition) is 0. The second kappa shape index (κ2) is 8.67. The maximum atomic E-state index is 6.62. The normalized spacial score (nSPS) is 13.7. The van der Waals surface area contributed by atoms with Crippen LogP contribution in [0, 0.1) is 0 Å². The highest BCUT2D eigenvalue weighted by molar-refractivity contribution is 6.15. The first kappa shape index (κ1) is 24.7. The fourth-order valence-electron chi connectivity index (χ4n) is 7.67. The summed E-state index contributed by atoms with van der Waals surface area (Å²) in [5, 5.41) is 5.75. The van der Waals surface area contributed by atoms with E-state index in [0.29, 0.717) is 11.4 Å². The van der Waals surface area contributed by atoms with Crippen LogP contribution in [0.2, 0.25) is 0 Å². The van der Waals surface area contributed by atoms with Crippen molar-refractivity contribution < 1.29 is 4.42 Å². The fourth-order valence-corrected chi connectivity index (χ4v) is 7.67. The molecule has 1 aliphatic rings. The zero-order chi connectivity index (χ0) is 29.9. The van der Waals surface area contributed by atoms with Crippen molar-refractivity contribution >= 4 is 54.6 Å². The van der Waals surface area contributed by atoms with E-state index >= 15 is 0 Å². The third kappa shape index (κ3) is 3.26. The van der Waals surface area contributed by atoms with Gasteiger partial charge in [0.2, 0.25) is 0 Å². The van der Waals surface area contributed by atoms with Gasteiger partial charge in [-0.05, 0) is 63.4 Å². The molecular weight excluding hydrogens is 550 g/mol. The molecule has 4 heteroatoms. The summed E-state index contributed by atoms with van der Waals surface area (Å²) in [4.78, 5) is 10.7. The largest absolute Gasteiger partial charge is 0.450 e. The van der Waals surface area contributed by atoms with Gasteiger partial charge >= 0.3 is 0 Å². The maximum Gasteiger partial charge on any atom is 0.197 e. The molecule has 1 aliphatic carbocycles. The average molecular weight is 578 g/mol. The molecule has 0 amide bonds. The number of aromatic nitrogens is 3. The average Bonchev–Trinajstić information content (AvgIpc) is 3.69. The molecule has 0 atom stereocenters. The van der Waals surface area contributed by atoms with Crippen LogP contribution in [-0.4, -0.2) is 14.5 Å². The van der Waals surface area contributed by atoms with Crippen LogP contribution in [0.1, 0.15) is 25.0 Å². The zero-order valence-electron chi connectivity index (χ0n) is 24.9. The Balaban J connectivity index is 1.37. The summed E-state index contributed by atoms with van der Waals surface area (Å²) in [5.74, 6) is 1.44. The molecule has 0 aliphatic heterocycles. The quantitative estimate of drug-likeness (QED) is 0.205. The highest BCUT2D eigenvalue weighted by Crippen LogP contribution is 2.52. The van der Waals surface area contributed by atoms with Crippen LogP contribution in [0.25, 0.3) is 83.0 Å². The van der Waals surface area contributed by atoms with Crippen LogP contribution in [0.3, 0.4) is 0 Å². The van der Waals surface area contributed by atoms with Crippen molar-refractivity contribution in [2.75, 3.05) is 0 Å². The van der Waals surface area contributed by atoms with E-state index in [-0.39, 0.29) is 5.41 Å². The van der Waals surface area contributed by atoms with E-state index in [2.05, 4.69) is 128 Å². The van der Waals surface area contributed by atoms with Crippen molar-refractivity contribution in [3.63, 3.8) is 0 Å². The Labute approximate surface area is 259 Å². The summed E-state index contributed by atoms with van der Waals surface area (Å²) in [6.45, 7) is 4.62. The molecule has 45 heavy (non-hydrogen) atoms. The number of benzene rings is 6. The Morgan fingerprint density at radius 3 is 2.16 bits per heavy atom. The van der Waals surface area contributed by atoms with E-state index in [1.807, 2.05) is 18.2 Å². The molecule has 0 saturated heterocycles. The molecule has 4 nitrogen and oxygen atoms in total. The Hall–Kier alpha value is -5.74. The van der Waals surface area contributed by atoms with Gasteiger partial charge in [-0.2, -0.15) is 0 Å². The highest BCUT2D eigenvalue weighted by Gasteiger charge is 2.37. The lowest BCUT2D eigenvalue weighted by Gasteiger charge is -2.21. The second-order valence-corrected chi connectivity index (χ2v) is 12.6. The van der Waals surface area contributed by atoms with Gasteiger partial charge in [0.25, 0.3) is 0 Å². The second-order valence-electron chi connectivity index (χ2n) is 12.6. The van der Waals surface area contributed by atoms with Crippen molar-refractivity contribution in [2.45, 2.75) is 19.3 Å². The first-order valence-corrected chi connectivity index (χ1v) is 15.4. The van der Waals surface area contributed by atoms with Crippen molar-refractivity contribution in [2.24, 2.45) is 0 Å². The highest BCUT2D eigenvalue weighted by atomic mass is 16.3. The number of hydrogen-bond acceptors (Lipinski definition) is 3. The van der Waals surface area contributed by atoms with E-state index < -0.39 is 0 Å². The number of para-hydroxylation sites is 2. The first-order valence-electron chi connectivity index (χ1n) is 15.4. The van der Waals surface area contributed by atoms with Crippen molar-refractivity contribution in [3.05, 3.63) is 139 Å². The van der Waals surface area contributed by atoms with Crippen LogP contribution in [-0.2, 0) is 5.41 Å². The molecule has 10 rings (SSSR count). The van der Waals surface area contributed by atoms with Gasteiger partial charge < -0.3 is 4.42 Å². The van der Waals surface area contributed by atoms with Gasteiger partial charge in [0.1, 0.15) is 11.1 Å². The smallest absolute Gasteiger partial charge is 0.197 e. The third-order valence-corrected chi connectivity index (χ3v) is 9.80. The van der Waals surface area contributed by atoms with E-state index in [1.54, 1.807) is 0 Å². The number of rotatable bonds is 2. The van der Waals surface area contributed by atoms with Crippen LogP contribution < -0.4 is 0 Å². The minimum Gasteiger partial charge on any atom is -0.450 e. The minimum atomic E-state index is -0.120. The Morgan fingerprint density at radius 1 is 0.578 bits per heavy atom. The summed E-state index contributed by atoms with van der Waals surface area (Å²) in [5.41, 5.74) is 10.5. The van der Waals surface area contributed by atoms with Gasteiger partial charge in [0.15, 0.2) is 17.2 Å². The monoisotopic (exact) mass is 577 g/mol. The van der Waals surface area contributed by atoms with Gasteiger partial charge in [-0.15, -0.1) is 0 Å². The Morgan fingerprint density at radius 2 is 1.27 bits per heavy atom. The molecular formula is C41H27N3O. The van der Waals surface area contributed by atoms with Crippen molar-refractivity contribution in [3.8, 4) is 28.3 Å². The van der Waals surface area contributed by atoms with E-state index in [0.717, 1.165) is 38.9 Å². The van der Waals surface area contributed by atoms with Crippen LogP contribution in [0.15, 0.2) is 132 Å². The Kier molecular flexibility index (Phi) is 4.76.